The Bertz CT molecular complexity index is 2160. The van der Waals surface area contributed by atoms with Gasteiger partial charge < -0.3 is 50.3 Å². The summed E-state index contributed by atoms with van der Waals surface area (Å²) in [6.07, 6.45) is 8.38. The van der Waals surface area contributed by atoms with Crippen molar-refractivity contribution in [1.29, 1.82) is 0 Å². The number of hydrogen-bond acceptors (Lipinski definition) is 14. The highest BCUT2D eigenvalue weighted by atomic mass is 35.5. The van der Waals surface area contributed by atoms with Gasteiger partial charge in [0.05, 0.1) is 55.6 Å². The number of halogens is 2. The fourth-order valence-corrected chi connectivity index (χ4v) is 7.01. The van der Waals surface area contributed by atoms with Crippen molar-refractivity contribution >= 4 is 64.2 Å². The summed E-state index contributed by atoms with van der Waals surface area (Å²) in [5.74, 6) is -0.238. The van der Waals surface area contributed by atoms with Gasteiger partial charge in [-0.3, -0.25) is 9.69 Å². The van der Waals surface area contributed by atoms with Crippen molar-refractivity contribution < 1.29 is 38.3 Å². The van der Waals surface area contributed by atoms with Gasteiger partial charge in [-0.1, -0.05) is 28.2 Å². The zero-order valence-corrected chi connectivity index (χ0v) is 35.6. The molecule has 0 spiro atoms. The van der Waals surface area contributed by atoms with Gasteiger partial charge in [0.25, 0.3) is 0 Å². The van der Waals surface area contributed by atoms with Crippen LogP contribution in [0.25, 0.3) is 5.65 Å². The number of carbonyl (C=O) groups excluding carboxylic acids is 3. The van der Waals surface area contributed by atoms with Gasteiger partial charge in [0.15, 0.2) is 10.8 Å². The average molecular weight is 890 g/mol. The van der Waals surface area contributed by atoms with E-state index in [1.54, 1.807) is 37.5 Å². The van der Waals surface area contributed by atoms with Crippen molar-refractivity contribution in [1.82, 2.24) is 44.7 Å². The van der Waals surface area contributed by atoms with E-state index in [1.165, 1.54) is 29.2 Å². The quantitative estimate of drug-likeness (QED) is 0.0487. The maximum atomic E-state index is 13.4. The number of urea groups is 1. The van der Waals surface area contributed by atoms with Gasteiger partial charge in [0.1, 0.15) is 36.3 Å². The highest BCUT2D eigenvalue weighted by Crippen LogP contribution is 2.43. The molecule has 5 heterocycles. The van der Waals surface area contributed by atoms with Crippen molar-refractivity contribution in [3.63, 3.8) is 0 Å². The lowest BCUT2D eigenvalue weighted by molar-refractivity contribution is -0.396. The Kier molecular flexibility index (Phi) is 15.5. The normalized spacial score (nSPS) is 16.0. The van der Waals surface area contributed by atoms with Crippen LogP contribution in [0.2, 0.25) is 10.2 Å². The maximum Gasteiger partial charge on any atom is 0.434 e. The highest BCUT2D eigenvalue weighted by molar-refractivity contribution is 6.31. The second kappa shape index (κ2) is 21.0. The first kappa shape index (κ1) is 45.2. The van der Waals surface area contributed by atoms with E-state index in [4.69, 9.17) is 42.1 Å². The number of pyridine rings is 1. The maximum absolute atomic E-state index is 13.4. The van der Waals surface area contributed by atoms with Gasteiger partial charge >= 0.3 is 18.1 Å². The Labute approximate surface area is 361 Å². The van der Waals surface area contributed by atoms with Gasteiger partial charge in [0.2, 0.25) is 11.8 Å². The third-order valence-electron chi connectivity index (χ3n) is 9.53. The number of nitrogens with zero attached hydrogens (tertiary/aromatic N) is 8. The summed E-state index contributed by atoms with van der Waals surface area (Å²) in [6.45, 7) is 8.97. The summed E-state index contributed by atoms with van der Waals surface area (Å²) >= 11 is 12.3. The minimum Gasteiger partial charge on any atom is -0.474 e. The SMILES string of the molecule is CC(C)(C)OC(=O)N[C@@H](CCCn1ccnc1[N+](=O)[O-])C(=O)N[C@@H]1CCN(CCOCCOCCOc2ncc(Cl)cc2NC(=O)Nc2cnc3cc(Cl)nn3c2C2CC2)C1. The number of aryl methyl sites for hydroxylation is 1. The second-order valence-corrected chi connectivity index (χ2v) is 16.4. The van der Waals surface area contributed by atoms with Gasteiger partial charge in [0, 0.05) is 43.9 Å². The van der Waals surface area contributed by atoms with Crippen molar-refractivity contribution in [2.45, 2.75) is 83.0 Å². The third kappa shape index (κ3) is 13.6. The number of likely N-dealkylation sites (tertiary alicyclic amines) is 1. The first-order valence-electron chi connectivity index (χ1n) is 20.0. The molecule has 1 saturated heterocycles. The Morgan fingerprint density at radius 3 is 2.48 bits per heavy atom. The van der Waals surface area contributed by atoms with Crippen LogP contribution in [-0.2, 0) is 25.5 Å². The molecular weight excluding hydrogens is 839 g/mol. The molecule has 4 N–H and O–H groups in total. The molecule has 330 valence electrons. The van der Waals surface area contributed by atoms with Crippen molar-refractivity contribution in [2.24, 2.45) is 0 Å². The van der Waals surface area contributed by atoms with Crippen LogP contribution in [0.5, 0.6) is 5.88 Å². The zero-order chi connectivity index (χ0) is 43.5. The molecule has 4 amide bonds. The van der Waals surface area contributed by atoms with E-state index in [0.29, 0.717) is 60.8 Å². The van der Waals surface area contributed by atoms with E-state index in [2.05, 4.69) is 46.2 Å². The first-order valence-corrected chi connectivity index (χ1v) is 20.7. The van der Waals surface area contributed by atoms with Gasteiger partial charge in [-0.25, -0.2) is 28.6 Å². The zero-order valence-electron chi connectivity index (χ0n) is 34.1. The molecule has 61 heavy (non-hydrogen) atoms. The van der Waals surface area contributed by atoms with E-state index < -0.39 is 28.7 Å². The predicted octanol–water partition coefficient (Wildman–Crippen LogP) is 5.03. The van der Waals surface area contributed by atoms with Crippen LogP contribution in [0.3, 0.4) is 0 Å². The molecule has 1 aliphatic carbocycles. The topological polar surface area (TPSA) is 244 Å². The van der Waals surface area contributed by atoms with Gasteiger partial charge in [-0.05, 0) is 63.9 Å². The standard InChI is InChI=1S/C38H50Cl2N12O9/c1-38(2,3)61-37(55)47-27(5-4-10-50-12-9-41-36(50)52(56)57)33(53)44-26-8-11-49(23-26)13-14-58-15-16-59-17-18-60-34-28(19-25(39)21-43-34)45-35(54)46-29-22-42-31-20-30(40)48-51(31)32(29)24-6-7-24/h9,12,19-22,24,26-27H,4-8,10-11,13-18,23H2,1-3H3,(H,44,53)(H,47,55)(H2,45,46,54)/t26-,27+/m1/s1. The number of fused-ring (bicyclic) bond motifs is 1. The fourth-order valence-electron chi connectivity index (χ4n) is 6.68. The molecule has 2 aliphatic rings. The molecule has 0 unspecified atom stereocenters. The Hall–Kier alpha value is -5.35. The Morgan fingerprint density at radius 2 is 1.72 bits per heavy atom. The molecule has 0 bridgehead atoms. The fraction of sp³-hybridized carbons (Fsp3) is 0.553. The molecule has 23 heteroatoms. The molecule has 1 aliphatic heterocycles. The number of hydrogen-bond donors (Lipinski definition) is 4. The molecule has 0 aromatic carbocycles. The molecule has 0 radical (unpaired) electrons. The van der Waals surface area contributed by atoms with E-state index in [-0.39, 0.29) is 61.6 Å². The smallest absolute Gasteiger partial charge is 0.434 e. The number of alkyl carbamates (subject to hydrolysis) is 1. The van der Waals surface area contributed by atoms with Gasteiger partial charge in [-0.15, -0.1) is 0 Å². The Morgan fingerprint density at radius 1 is 0.967 bits per heavy atom. The minimum absolute atomic E-state index is 0.135. The molecule has 2 atom stereocenters. The summed E-state index contributed by atoms with van der Waals surface area (Å²) in [5, 5.41) is 27.5. The third-order valence-corrected chi connectivity index (χ3v) is 9.93. The molecule has 6 rings (SSSR count). The average Bonchev–Trinajstić information content (AvgIpc) is 3.53. The Balaban J connectivity index is 0.864. The minimum atomic E-state index is -0.901. The van der Waals surface area contributed by atoms with Crippen LogP contribution in [0.1, 0.15) is 64.5 Å². The lowest BCUT2D eigenvalue weighted by Crippen LogP contribution is -2.51. The van der Waals surface area contributed by atoms with E-state index >= 15 is 0 Å². The predicted molar refractivity (Wildman–Crippen MR) is 223 cm³/mol. The second-order valence-electron chi connectivity index (χ2n) is 15.5. The molecule has 4 aromatic heterocycles. The molecule has 4 aromatic rings. The number of rotatable bonds is 21. The largest absolute Gasteiger partial charge is 0.474 e. The van der Waals surface area contributed by atoms with E-state index in [9.17, 15) is 24.5 Å². The number of carbonyl (C=O) groups is 3. The summed E-state index contributed by atoms with van der Waals surface area (Å²) in [5.41, 5.74) is 1.46. The first-order chi connectivity index (χ1) is 29.2. The lowest BCUT2D eigenvalue weighted by atomic mass is 10.1. The number of nitrogens with one attached hydrogen (secondary N) is 4. The van der Waals surface area contributed by atoms with Crippen LogP contribution in [0, 0.1) is 10.1 Å². The van der Waals surface area contributed by atoms with E-state index in [1.807, 2.05) is 0 Å². The van der Waals surface area contributed by atoms with E-state index in [0.717, 1.165) is 31.5 Å². The monoisotopic (exact) mass is 888 g/mol. The van der Waals surface area contributed by atoms with Gasteiger partial charge in [-0.2, -0.15) is 5.10 Å². The lowest BCUT2D eigenvalue weighted by Gasteiger charge is -2.24. The molecular formula is C38H50Cl2N12O9. The number of anilines is 2. The number of amides is 4. The summed E-state index contributed by atoms with van der Waals surface area (Å²) in [4.78, 5) is 64.2. The number of ether oxygens (including phenoxy) is 4. The van der Waals surface area contributed by atoms with Crippen LogP contribution in [-0.4, -0.2) is 127 Å². The van der Waals surface area contributed by atoms with Crippen LogP contribution < -0.4 is 26.0 Å². The van der Waals surface area contributed by atoms with Crippen LogP contribution >= 0.6 is 23.2 Å². The van der Waals surface area contributed by atoms with Crippen LogP contribution in [0.15, 0.2) is 36.9 Å². The van der Waals surface area contributed by atoms with Crippen molar-refractivity contribution in [3.05, 3.63) is 62.9 Å². The summed E-state index contributed by atoms with van der Waals surface area (Å²) in [7, 11) is 0. The summed E-state index contributed by atoms with van der Waals surface area (Å²) in [6, 6.07) is 1.63. The molecule has 1 saturated carbocycles. The van der Waals surface area contributed by atoms with Crippen molar-refractivity contribution in [3.8, 4) is 5.88 Å². The highest BCUT2D eigenvalue weighted by Gasteiger charge is 2.32. The number of aromatic nitrogens is 6. The van der Waals surface area contributed by atoms with Crippen molar-refractivity contribution in [2.75, 3.05) is 63.3 Å². The molecule has 2 fully saturated rings. The summed E-state index contributed by atoms with van der Waals surface area (Å²) < 4.78 is 25.7. The molecule has 21 nitrogen and oxygen atoms in total. The van der Waals surface area contributed by atoms with Crippen LogP contribution in [0.4, 0.5) is 26.9 Å². The number of imidazole rings is 1. The number of nitro groups is 1.